The van der Waals surface area contributed by atoms with E-state index in [-0.39, 0.29) is 0 Å². The summed E-state index contributed by atoms with van der Waals surface area (Å²) in [6.45, 7) is 9.35. The van der Waals surface area contributed by atoms with Crippen molar-refractivity contribution in [3.05, 3.63) is 0 Å². The molecule has 86 valence electrons. The summed E-state index contributed by atoms with van der Waals surface area (Å²) in [7, 11) is 2.13. The summed E-state index contributed by atoms with van der Waals surface area (Å²) in [4.78, 5) is 0. The van der Waals surface area contributed by atoms with E-state index in [0.717, 1.165) is 12.5 Å². The highest BCUT2D eigenvalue weighted by molar-refractivity contribution is 14.2. The molecule has 0 aromatic carbocycles. The van der Waals surface area contributed by atoms with E-state index in [2.05, 4.69) is 101 Å². The zero-order valence-electron chi connectivity index (χ0n) is 9.23. The van der Waals surface area contributed by atoms with Gasteiger partial charge in [0.15, 0.2) is 0 Å². The maximum atomic E-state index is 2.35. The summed E-state index contributed by atoms with van der Waals surface area (Å²) in [5.41, 5.74) is 0.411. The highest BCUT2D eigenvalue weighted by Gasteiger charge is 2.23. The Morgan fingerprint density at radius 3 is 2.07 bits per heavy atom. The molecule has 14 heavy (non-hydrogen) atoms. The average Bonchev–Trinajstić information content (AvgIpc) is 1.77. The minimum Gasteiger partial charge on any atom is -0.250 e. The monoisotopic (exact) mass is 536 g/mol. The minimum absolute atomic E-state index is 0.411. The largest absolute Gasteiger partial charge is 0.250 e. The van der Waals surface area contributed by atoms with E-state index in [1.165, 1.54) is 13.0 Å². The fourth-order valence-corrected chi connectivity index (χ4v) is 4.34. The smallest absolute Gasteiger partial charge is 0.0308 e. The molecule has 0 saturated carbocycles. The summed E-state index contributed by atoms with van der Waals surface area (Å²) >= 11 is 7.05. The van der Waals surface area contributed by atoms with Gasteiger partial charge in [0, 0.05) is 81.7 Å². The molecule has 0 aliphatic carbocycles. The lowest BCUT2D eigenvalue weighted by molar-refractivity contribution is 0.253. The van der Waals surface area contributed by atoms with Crippen molar-refractivity contribution in [2.24, 2.45) is 11.3 Å². The molecule has 0 aromatic rings. The number of hydrogen-bond acceptors (Lipinski definition) is 2. The van der Waals surface area contributed by atoms with Gasteiger partial charge >= 0.3 is 0 Å². The molecule has 0 aliphatic heterocycles. The Kier molecular flexibility index (Phi) is 8.56. The lowest BCUT2D eigenvalue weighted by Gasteiger charge is -2.30. The highest BCUT2D eigenvalue weighted by atomic mass is 127. The normalized spacial score (nSPS) is 15.2. The molecule has 0 N–H and O–H groups in total. The summed E-state index contributed by atoms with van der Waals surface area (Å²) in [6, 6.07) is 0. The fraction of sp³-hybridized carbons (Fsp3) is 1.00. The van der Waals surface area contributed by atoms with Gasteiger partial charge in [-0.2, -0.15) is 1.33 Å². The number of rotatable bonds is 6. The molecule has 1 unspecified atom stereocenters. The molecule has 0 rings (SSSR count). The van der Waals surface area contributed by atoms with Crippen LogP contribution in [0.25, 0.3) is 0 Å². The van der Waals surface area contributed by atoms with Gasteiger partial charge in [-0.1, -0.05) is 20.8 Å². The molecule has 0 bridgehead atoms. The van der Waals surface area contributed by atoms with Crippen molar-refractivity contribution < 1.29 is 0 Å². The van der Waals surface area contributed by atoms with E-state index in [0.29, 0.717) is 5.41 Å². The third-order valence-electron chi connectivity index (χ3n) is 2.01. The Labute approximate surface area is 130 Å². The van der Waals surface area contributed by atoms with Gasteiger partial charge in [0.2, 0.25) is 0 Å². The van der Waals surface area contributed by atoms with Crippen molar-refractivity contribution in [2.75, 3.05) is 20.1 Å². The Balaban J connectivity index is 3.94. The second kappa shape index (κ2) is 7.44. The fourth-order valence-electron chi connectivity index (χ4n) is 1.83. The van der Waals surface area contributed by atoms with Crippen molar-refractivity contribution in [3.63, 3.8) is 0 Å². The van der Waals surface area contributed by atoms with E-state index in [1.807, 2.05) is 0 Å². The van der Waals surface area contributed by atoms with Crippen molar-refractivity contribution in [2.45, 2.75) is 27.2 Å². The van der Waals surface area contributed by atoms with Crippen LogP contribution in [-0.4, -0.2) is 24.6 Å². The van der Waals surface area contributed by atoms with E-state index in [1.54, 1.807) is 0 Å². The van der Waals surface area contributed by atoms with Gasteiger partial charge in [-0.3, -0.25) is 3.11 Å². The molecule has 0 spiro atoms. The van der Waals surface area contributed by atoms with Crippen LogP contribution in [-0.2, 0) is 0 Å². The van der Waals surface area contributed by atoms with Crippen LogP contribution in [0, 0.1) is 11.3 Å². The molecule has 5 heteroatoms. The lowest BCUT2D eigenvalue weighted by atomic mass is 9.83. The summed E-state index contributed by atoms with van der Waals surface area (Å²) in [6.07, 6.45) is 1.28. The van der Waals surface area contributed by atoms with Gasteiger partial charge < -0.3 is 0 Å². The zero-order chi connectivity index (χ0) is 11.4. The molecule has 0 aliphatic rings. The molecule has 2 nitrogen and oxygen atoms in total. The van der Waals surface area contributed by atoms with Crippen LogP contribution in [0.3, 0.4) is 0 Å². The summed E-state index contributed by atoms with van der Waals surface area (Å²) < 4.78 is 4.46. The maximum Gasteiger partial charge on any atom is 0.0308 e. The van der Waals surface area contributed by atoms with Crippen LogP contribution in [0.2, 0.25) is 0 Å². The first-order valence-corrected chi connectivity index (χ1v) is 7.58. The number of nitrogens with zero attached hydrogens (tertiary/aromatic N) is 2. The van der Waals surface area contributed by atoms with Gasteiger partial charge in [-0.15, -0.1) is 0 Å². The number of hydrogen-bond donors (Lipinski definition) is 0. The SMILES string of the molecule is CC(CN(C)I)CC(C)(C)CN(I)I. The molecule has 0 saturated heterocycles. The van der Waals surface area contributed by atoms with Crippen molar-refractivity contribution >= 4 is 68.6 Å². The Morgan fingerprint density at radius 1 is 1.21 bits per heavy atom. The van der Waals surface area contributed by atoms with Crippen molar-refractivity contribution in [3.8, 4) is 0 Å². The molecular weight excluding hydrogens is 517 g/mol. The van der Waals surface area contributed by atoms with Crippen LogP contribution in [0.1, 0.15) is 27.2 Å². The first-order valence-electron chi connectivity index (χ1n) is 4.69. The first kappa shape index (κ1) is 16.1. The van der Waals surface area contributed by atoms with Crippen LogP contribution in [0.4, 0.5) is 0 Å². The molecule has 0 fully saturated rings. The predicted molar refractivity (Wildman–Crippen MR) is 89.0 cm³/mol. The molecule has 0 heterocycles. The maximum absolute atomic E-state index is 2.35. The Morgan fingerprint density at radius 2 is 1.71 bits per heavy atom. The second-order valence-electron chi connectivity index (χ2n) is 4.72. The molecular formula is C9H19I3N2. The Bertz CT molecular complexity index is 160. The topological polar surface area (TPSA) is 6.48 Å². The Hall–Kier alpha value is 2.11. The van der Waals surface area contributed by atoms with Crippen molar-refractivity contribution in [1.29, 1.82) is 0 Å². The average molecular weight is 536 g/mol. The van der Waals surface area contributed by atoms with Gasteiger partial charge in [-0.25, -0.2) is 0 Å². The second-order valence-corrected chi connectivity index (χ2v) is 10.5. The van der Waals surface area contributed by atoms with Crippen LogP contribution in [0.15, 0.2) is 0 Å². The highest BCUT2D eigenvalue weighted by Crippen LogP contribution is 2.29. The third-order valence-corrected chi connectivity index (χ3v) is 3.09. The first-order chi connectivity index (χ1) is 6.23. The summed E-state index contributed by atoms with van der Waals surface area (Å²) in [5.74, 6) is 0.764. The third kappa shape index (κ3) is 9.34. The molecule has 0 amide bonds. The standard InChI is InChI=1S/C9H19I3N2/c1-8(6-13(4)10)5-9(2,3)7-14(11)12/h8H,5-7H2,1-4H3. The predicted octanol–water partition coefficient (Wildman–Crippen LogP) is 4.32. The summed E-state index contributed by atoms with van der Waals surface area (Å²) in [5, 5.41) is 0. The van der Waals surface area contributed by atoms with Gasteiger partial charge in [0.25, 0.3) is 0 Å². The van der Waals surface area contributed by atoms with Crippen molar-refractivity contribution in [1.82, 2.24) is 4.44 Å². The number of halogens is 3. The van der Waals surface area contributed by atoms with E-state index < -0.39 is 0 Å². The van der Waals surface area contributed by atoms with Gasteiger partial charge in [0.05, 0.1) is 0 Å². The quantitative estimate of drug-likeness (QED) is 0.369. The molecule has 1 atom stereocenters. The van der Waals surface area contributed by atoms with Gasteiger partial charge in [-0.05, 0) is 24.8 Å². The van der Waals surface area contributed by atoms with Crippen LogP contribution >= 0.6 is 68.6 Å². The lowest BCUT2D eigenvalue weighted by Crippen LogP contribution is -2.27. The van der Waals surface area contributed by atoms with Crippen LogP contribution < -0.4 is 0 Å². The molecule has 0 radical (unpaired) electrons. The zero-order valence-corrected chi connectivity index (χ0v) is 15.7. The van der Waals surface area contributed by atoms with E-state index in [9.17, 15) is 0 Å². The van der Waals surface area contributed by atoms with Crippen LogP contribution in [0.5, 0.6) is 0 Å². The van der Waals surface area contributed by atoms with E-state index >= 15 is 0 Å². The molecule has 0 aromatic heterocycles. The van der Waals surface area contributed by atoms with Gasteiger partial charge in [0.1, 0.15) is 0 Å². The van der Waals surface area contributed by atoms with E-state index in [4.69, 9.17) is 0 Å². The minimum atomic E-state index is 0.411.